The van der Waals surface area contributed by atoms with Crippen molar-refractivity contribution in [1.82, 2.24) is 0 Å². The molecule has 0 aromatic heterocycles. The van der Waals surface area contributed by atoms with Crippen LogP contribution in [0.4, 0.5) is 0 Å². The van der Waals surface area contributed by atoms with E-state index in [1.54, 1.807) is 0 Å². The number of Topliss-reactive ketones (excluding diaryl/α,β-unsaturated/α-hetero) is 1. The average Bonchev–Trinajstić information content (AvgIpc) is 2.48. The fourth-order valence-corrected chi connectivity index (χ4v) is 2.63. The van der Waals surface area contributed by atoms with E-state index in [0.29, 0.717) is 13.0 Å². The van der Waals surface area contributed by atoms with E-state index in [2.05, 4.69) is 0 Å². The number of rotatable bonds is 1. The predicted octanol–water partition coefficient (Wildman–Crippen LogP) is 0.568. The van der Waals surface area contributed by atoms with Crippen molar-refractivity contribution < 1.29 is 18.9 Å². The molecule has 1 unspecified atom stereocenters. The summed E-state index contributed by atoms with van der Waals surface area (Å²) in [6.45, 7) is 1.95. The van der Waals surface area contributed by atoms with Gasteiger partial charge in [-0.15, -0.1) is 0 Å². The Hall–Kier alpha value is -1.29. The quantitative estimate of drug-likeness (QED) is 0.467. The summed E-state index contributed by atoms with van der Waals surface area (Å²) in [5.41, 5.74) is 0. The van der Waals surface area contributed by atoms with E-state index in [0.717, 1.165) is 12.8 Å². The van der Waals surface area contributed by atoms with Crippen LogP contribution in [0.15, 0.2) is 12.2 Å². The first-order chi connectivity index (χ1) is 7.09. The van der Waals surface area contributed by atoms with Gasteiger partial charge in [0.2, 0.25) is 0 Å². The molecule has 0 aliphatic carbocycles. The van der Waals surface area contributed by atoms with Gasteiger partial charge in [-0.2, -0.15) is 4.48 Å². The van der Waals surface area contributed by atoms with Crippen molar-refractivity contribution in [2.75, 3.05) is 6.54 Å². The second-order valence-electron chi connectivity index (χ2n) is 4.22. The van der Waals surface area contributed by atoms with Gasteiger partial charge in [-0.05, 0) is 12.8 Å². The van der Waals surface area contributed by atoms with Gasteiger partial charge in [-0.3, -0.25) is 4.79 Å². The molecule has 80 valence electrons. The van der Waals surface area contributed by atoms with Crippen molar-refractivity contribution >= 4 is 17.6 Å². The molecule has 0 aromatic carbocycles. The lowest BCUT2D eigenvalue weighted by molar-refractivity contribution is -0.794. The SMILES string of the molecule is CC(=O)C1CCCC[N+]12C(=O)C=CC2=O. The first kappa shape index (κ1) is 10.2. The van der Waals surface area contributed by atoms with E-state index in [4.69, 9.17) is 0 Å². The highest BCUT2D eigenvalue weighted by Gasteiger charge is 2.54. The Bertz CT molecular complexity index is 352. The molecule has 1 fully saturated rings. The Labute approximate surface area is 88.1 Å². The number of hydrogen-bond acceptors (Lipinski definition) is 3. The van der Waals surface area contributed by atoms with Crippen LogP contribution in [0.5, 0.6) is 0 Å². The molecule has 4 nitrogen and oxygen atoms in total. The van der Waals surface area contributed by atoms with Crippen LogP contribution in [0.2, 0.25) is 0 Å². The van der Waals surface area contributed by atoms with Gasteiger partial charge < -0.3 is 0 Å². The minimum Gasteiger partial charge on any atom is -0.293 e. The summed E-state index contributed by atoms with van der Waals surface area (Å²) in [5, 5.41) is 0. The van der Waals surface area contributed by atoms with Crippen LogP contribution in [0.3, 0.4) is 0 Å². The van der Waals surface area contributed by atoms with Crippen molar-refractivity contribution in [2.24, 2.45) is 0 Å². The smallest absolute Gasteiger partial charge is 0.293 e. The van der Waals surface area contributed by atoms with Gasteiger partial charge in [0, 0.05) is 13.3 Å². The van der Waals surface area contributed by atoms with E-state index in [1.165, 1.54) is 19.1 Å². The average molecular weight is 208 g/mol. The van der Waals surface area contributed by atoms with E-state index < -0.39 is 6.04 Å². The summed E-state index contributed by atoms with van der Waals surface area (Å²) in [6, 6.07) is -0.450. The topological polar surface area (TPSA) is 51.2 Å². The zero-order valence-corrected chi connectivity index (χ0v) is 8.73. The highest BCUT2D eigenvalue weighted by molar-refractivity contribution is 6.06. The lowest BCUT2D eigenvalue weighted by Crippen LogP contribution is -2.64. The molecule has 0 bridgehead atoms. The van der Waals surface area contributed by atoms with Gasteiger partial charge in [0.05, 0.1) is 18.7 Å². The fourth-order valence-electron chi connectivity index (χ4n) is 2.63. The summed E-state index contributed by atoms with van der Waals surface area (Å²) in [6.07, 6.45) is 5.02. The Morgan fingerprint density at radius 2 is 1.87 bits per heavy atom. The molecule has 1 atom stereocenters. The van der Waals surface area contributed by atoms with Gasteiger partial charge in [0.25, 0.3) is 0 Å². The summed E-state index contributed by atoms with van der Waals surface area (Å²) in [4.78, 5) is 35.1. The van der Waals surface area contributed by atoms with Crippen molar-refractivity contribution in [3.05, 3.63) is 12.2 Å². The second kappa shape index (κ2) is 3.38. The third kappa shape index (κ3) is 1.28. The molecule has 15 heavy (non-hydrogen) atoms. The maximum absolute atomic E-state index is 11.8. The van der Waals surface area contributed by atoms with E-state index in [-0.39, 0.29) is 22.1 Å². The summed E-state index contributed by atoms with van der Waals surface area (Å²) in [7, 11) is 0. The number of piperidine rings is 1. The van der Waals surface area contributed by atoms with E-state index in [1.807, 2.05) is 0 Å². The highest BCUT2D eigenvalue weighted by atomic mass is 16.2. The van der Waals surface area contributed by atoms with Crippen molar-refractivity contribution in [1.29, 1.82) is 0 Å². The number of ketones is 1. The third-order valence-electron chi connectivity index (χ3n) is 3.39. The molecular formula is C11H14NO3+. The summed E-state index contributed by atoms with van der Waals surface area (Å²) >= 11 is 0. The molecule has 1 saturated heterocycles. The van der Waals surface area contributed by atoms with Crippen LogP contribution < -0.4 is 0 Å². The molecule has 0 radical (unpaired) electrons. The van der Waals surface area contributed by atoms with Crippen LogP contribution in [0, 0.1) is 0 Å². The van der Waals surface area contributed by atoms with Crippen LogP contribution >= 0.6 is 0 Å². The molecule has 1 spiro atoms. The predicted molar refractivity (Wildman–Crippen MR) is 52.6 cm³/mol. The van der Waals surface area contributed by atoms with E-state index in [9.17, 15) is 14.4 Å². The van der Waals surface area contributed by atoms with Gasteiger partial charge in [-0.25, -0.2) is 9.59 Å². The molecule has 2 aliphatic heterocycles. The Kier molecular flexibility index (Phi) is 2.31. The second-order valence-corrected chi connectivity index (χ2v) is 4.22. The number of nitrogens with zero attached hydrogens (tertiary/aromatic N) is 1. The van der Waals surface area contributed by atoms with Crippen LogP contribution in [0.1, 0.15) is 26.2 Å². The summed E-state index contributed by atoms with van der Waals surface area (Å²) < 4.78 is -0.269. The first-order valence-electron chi connectivity index (χ1n) is 5.24. The standard InChI is InChI=1S/C11H14NO3/c1-8(13)9-4-2-3-7-12(9)10(14)5-6-11(12)15/h5-6,9H,2-4,7H2,1H3/q+1. The molecule has 4 heteroatoms. The van der Waals surface area contributed by atoms with Crippen molar-refractivity contribution in [3.8, 4) is 0 Å². The number of imide groups is 1. The number of carbonyl (C=O) groups is 3. The van der Waals surface area contributed by atoms with Crippen LogP contribution in [-0.2, 0) is 14.4 Å². The normalized spacial score (nSPS) is 28.7. The monoisotopic (exact) mass is 208 g/mol. The van der Waals surface area contributed by atoms with Crippen molar-refractivity contribution in [2.45, 2.75) is 32.2 Å². The molecule has 2 heterocycles. The molecule has 0 N–H and O–H groups in total. The maximum Gasteiger partial charge on any atom is 0.347 e. The number of hydrogen-bond donors (Lipinski definition) is 0. The van der Waals surface area contributed by atoms with Gasteiger partial charge in [0.15, 0.2) is 11.8 Å². The molecule has 2 aliphatic rings. The first-order valence-corrected chi connectivity index (χ1v) is 5.24. The minimum absolute atomic E-state index is 0.0555. The largest absolute Gasteiger partial charge is 0.347 e. The van der Waals surface area contributed by atoms with E-state index >= 15 is 0 Å². The third-order valence-corrected chi connectivity index (χ3v) is 3.39. The lowest BCUT2D eigenvalue weighted by Gasteiger charge is -2.38. The fraction of sp³-hybridized carbons (Fsp3) is 0.545. The Morgan fingerprint density at radius 3 is 2.40 bits per heavy atom. The molecule has 0 saturated carbocycles. The zero-order chi connectivity index (χ0) is 11.1. The molecular weight excluding hydrogens is 194 g/mol. The van der Waals surface area contributed by atoms with Gasteiger partial charge >= 0.3 is 11.8 Å². The Balaban J connectivity index is 2.42. The van der Waals surface area contributed by atoms with Gasteiger partial charge in [-0.1, -0.05) is 0 Å². The van der Waals surface area contributed by atoms with Crippen LogP contribution in [0.25, 0.3) is 0 Å². The molecule has 2 amide bonds. The number of quaternary nitrogens is 1. The number of carbonyl (C=O) groups excluding carboxylic acids is 3. The van der Waals surface area contributed by atoms with Crippen LogP contribution in [-0.4, -0.2) is 34.7 Å². The number of amides is 2. The van der Waals surface area contributed by atoms with Gasteiger partial charge in [0.1, 0.15) is 0 Å². The summed E-state index contributed by atoms with van der Waals surface area (Å²) in [5.74, 6) is -0.500. The van der Waals surface area contributed by atoms with Crippen molar-refractivity contribution in [3.63, 3.8) is 0 Å². The lowest BCUT2D eigenvalue weighted by atomic mass is 9.95. The minimum atomic E-state index is -0.450. The highest BCUT2D eigenvalue weighted by Crippen LogP contribution is 2.31. The zero-order valence-electron chi connectivity index (χ0n) is 8.73. The maximum atomic E-state index is 11.8. The molecule has 2 rings (SSSR count). The Morgan fingerprint density at radius 1 is 1.27 bits per heavy atom. The molecule has 0 aromatic rings.